The Morgan fingerprint density at radius 1 is 1.05 bits per heavy atom. The van der Waals surface area contributed by atoms with Crippen molar-refractivity contribution in [2.45, 2.75) is 20.8 Å². The van der Waals surface area contributed by atoms with Crippen LogP contribution in [0.4, 0.5) is 16.2 Å². The highest BCUT2D eigenvalue weighted by atomic mass is 79.9. The molecule has 3 aromatic carbocycles. The van der Waals surface area contributed by atoms with Crippen LogP contribution in [0.2, 0.25) is 5.02 Å². The van der Waals surface area contributed by atoms with Gasteiger partial charge in [0, 0.05) is 20.7 Å². The Morgan fingerprint density at radius 3 is 2.51 bits per heavy atom. The molecule has 0 bridgehead atoms. The van der Waals surface area contributed by atoms with Gasteiger partial charge in [0.2, 0.25) is 0 Å². The first-order chi connectivity index (χ1) is 18.5. The molecule has 8 nitrogen and oxygen atoms in total. The first-order valence-electron chi connectivity index (χ1n) is 11.6. The third-order valence-corrected chi connectivity index (χ3v) is 7.60. The monoisotopic (exact) mass is 673 g/mol. The van der Waals surface area contributed by atoms with Gasteiger partial charge in [-0.25, -0.2) is 9.69 Å². The summed E-state index contributed by atoms with van der Waals surface area (Å²) in [7, 11) is 0. The lowest BCUT2D eigenvalue weighted by Crippen LogP contribution is -2.54. The number of nitrogens with one attached hydrogen (secondary N) is 2. The predicted octanol–water partition coefficient (Wildman–Crippen LogP) is 6.47. The molecule has 1 aliphatic rings. The quantitative estimate of drug-likeness (QED) is 0.230. The molecule has 4 rings (SSSR count). The van der Waals surface area contributed by atoms with E-state index in [2.05, 4.69) is 42.5 Å². The van der Waals surface area contributed by atoms with Crippen LogP contribution in [0.15, 0.2) is 63.0 Å². The minimum atomic E-state index is -0.887. The lowest BCUT2D eigenvalue weighted by atomic mass is 10.0. The number of nitrogens with zero attached hydrogens (tertiary/aromatic N) is 1. The Morgan fingerprint density at radius 2 is 1.77 bits per heavy atom. The fraction of sp³-hybridized carbons (Fsp3) is 0.143. The molecule has 39 heavy (non-hydrogen) atoms. The predicted molar refractivity (Wildman–Crippen MR) is 157 cm³/mol. The van der Waals surface area contributed by atoms with E-state index < -0.39 is 23.8 Å². The molecular formula is C28H22Br2ClN3O5. The molecule has 1 aliphatic heterocycles. The second-order valence-electron chi connectivity index (χ2n) is 8.73. The molecule has 1 heterocycles. The molecule has 0 aliphatic carbocycles. The number of aryl methyl sites for hydroxylation is 1. The normalized spacial score (nSPS) is 14.5. The topological polar surface area (TPSA) is 105 Å². The van der Waals surface area contributed by atoms with E-state index in [-0.39, 0.29) is 23.6 Å². The van der Waals surface area contributed by atoms with Crippen molar-refractivity contribution in [2.24, 2.45) is 0 Å². The zero-order valence-electron chi connectivity index (χ0n) is 21.0. The molecule has 5 amide bonds. The molecule has 3 aromatic rings. The summed E-state index contributed by atoms with van der Waals surface area (Å²) in [5.74, 6) is -1.86. The van der Waals surface area contributed by atoms with Crippen LogP contribution >= 0.6 is 43.5 Å². The van der Waals surface area contributed by atoms with E-state index in [9.17, 15) is 19.2 Å². The van der Waals surface area contributed by atoms with Crippen LogP contribution in [-0.2, 0) is 14.4 Å². The van der Waals surface area contributed by atoms with Gasteiger partial charge in [0.05, 0.1) is 10.2 Å². The first-order valence-corrected chi connectivity index (χ1v) is 13.6. The van der Waals surface area contributed by atoms with Gasteiger partial charge >= 0.3 is 6.03 Å². The molecule has 0 spiro atoms. The Bertz CT molecular complexity index is 1570. The highest BCUT2D eigenvalue weighted by Crippen LogP contribution is 2.36. The number of halogens is 3. The Hall–Kier alpha value is -3.47. The molecule has 1 saturated heterocycles. The van der Waals surface area contributed by atoms with Crippen LogP contribution < -0.4 is 20.3 Å². The van der Waals surface area contributed by atoms with Crippen LogP contribution in [0.5, 0.6) is 5.75 Å². The van der Waals surface area contributed by atoms with Gasteiger partial charge in [0.1, 0.15) is 11.3 Å². The minimum Gasteiger partial charge on any atom is -0.482 e. The number of amides is 5. The molecule has 0 atom stereocenters. The fourth-order valence-corrected chi connectivity index (χ4v) is 5.46. The number of urea groups is 1. The highest BCUT2D eigenvalue weighted by Gasteiger charge is 2.38. The minimum absolute atomic E-state index is 0.227. The van der Waals surface area contributed by atoms with Gasteiger partial charge in [-0.3, -0.25) is 19.7 Å². The molecule has 1 fully saturated rings. The largest absolute Gasteiger partial charge is 0.482 e. The molecule has 200 valence electrons. The van der Waals surface area contributed by atoms with Crippen molar-refractivity contribution in [1.29, 1.82) is 0 Å². The SMILES string of the molecule is Cc1cccc(NC(=O)COc2c(Br)cc(Br)cc2/C=C2/C(=O)NC(=O)N(c3cccc(Cl)c3C)C2=O)c1C. The van der Waals surface area contributed by atoms with Crippen LogP contribution in [0.1, 0.15) is 22.3 Å². The van der Waals surface area contributed by atoms with Crippen LogP contribution in [0.25, 0.3) is 6.08 Å². The fourth-order valence-electron chi connectivity index (χ4n) is 3.92. The summed E-state index contributed by atoms with van der Waals surface area (Å²) >= 11 is 13.0. The van der Waals surface area contributed by atoms with Gasteiger partial charge in [-0.1, -0.05) is 45.7 Å². The third kappa shape index (κ3) is 6.08. The zero-order valence-corrected chi connectivity index (χ0v) is 25.0. The van der Waals surface area contributed by atoms with Crippen molar-refractivity contribution in [2.75, 3.05) is 16.8 Å². The standard InChI is InChI=1S/C28H22Br2ClN3O5/c1-14-6-4-8-22(15(14)2)32-24(35)13-39-25-17(10-18(29)12-20(25)30)11-19-26(36)33-28(38)34(27(19)37)23-9-5-7-21(31)16(23)3/h4-12H,13H2,1-3H3,(H,32,35)(H,33,36,38)/b19-11-. The summed E-state index contributed by atoms with van der Waals surface area (Å²) in [6, 6.07) is 12.8. The van der Waals surface area contributed by atoms with Gasteiger partial charge in [0.25, 0.3) is 17.7 Å². The number of barbiturate groups is 1. The lowest BCUT2D eigenvalue weighted by molar-refractivity contribution is -0.122. The summed E-state index contributed by atoms with van der Waals surface area (Å²) in [6.45, 7) is 5.19. The second-order valence-corrected chi connectivity index (χ2v) is 10.9. The van der Waals surface area contributed by atoms with Crippen molar-refractivity contribution >= 4 is 84.7 Å². The third-order valence-electron chi connectivity index (χ3n) is 6.14. The summed E-state index contributed by atoms with van der Waals surface area (Å²) in [5.41, 5.74) is 3.42. The van der Waals surface area contributed by atoms with Crippen molar-refractivity contribution in [1.82, 2.24) is 5.32 Å². The summed E-state index contributed by atoms with van der Waals surface area (Å²) < 4.78 is 6.94. The van der Waals surface area contributed by atoms with Crippen molar-refractivity contribution < 1.29 is 23.9 Å². The van der Waals surface area contributed by atoms with Gasteiger partial charge < -0.3 is 10.1 Å². The van der Waals surface area contributed by atoms with E-state index in [0.717, 1.165) is 16.0 Å². The molecule has 2 N–H and O–H groups in total. The zero-order chi connectivity index (χ0) is 28.4. The number of hydrogen-bond acceptors (Lipinski definition) is 5. The van der Waals surface area contributed by atoms with E-state index >= 15 is 0 Å². The Kier molecular flexibility index (Phi) is 8.58. The molecular weight excluding hydrogens is 654 g/mol. The van der Waals surface area contributed by atoms with Crippen molar-refractivity contribution in [3.63, 3.8) is 0 Å². The second kappa shape index (κ2) is 11.7. The Balaban J connectivity index is 1.65. The molecule has 0 unspecified atom stereocenters. The maximum absolute atomic E-state index is 13.4. The average Bonchev–Trinajstić information content (AvgIpc) is 2.86. The van der Waals surface area contributed by atoms with E-state index in [1.807, 2.05) is 26.0 Å². The lowest BCUT2D eigenvalue weighted by Gasteiger charge is -2.28. The van der Waals surface area contributed by atoms with Crippen molar-refractivity contribution in [3.05, 3.63) is 90.3 Å². The van der Waals surface area contributed by atoms with Gasteiger partial charge in [0.15, 0.2) is 6.61 Å². The molecule has 11 heteroatoms. The average molecular weight is 676 g/mol. The number of rotatable bonds is 6. The van der Waals surface area contributed by atoms with E-state index in [1.54, 1.807) is 43.3 Å². The van der Waals surface area contributed by atoms with Gasteiger partial charge in [-0.2, -0.15) is 0 Å². The number of ether oxygens (including phenoxy) is 1. The number of carbonyl (C=O) groups excluding carboxylic acids is 4. The summed E-state index contributed by atoms with van der Waals surface area (Å²) in [5, 5.41) is 5.39. The Labute approximate surface area is 246 Å². The van der Waals surface area contributed by atoms with Gasteiger partial charge in [-0.05, 0) is 89.8 Å². The highest BCUT2D eigenvalue weighted by molar-refractivity contribution is 9.11. The first kappa shape index (κ1) is 28.5. The maximum Gasteiger partial charge on any atom is 0.335 e. The number of imide groups is 2. The molecule has 0 aromatic heterocycles. The van der Waals surface area contributed by atoms with Crippen LogP contribution in [-0.4, -0.2) is 30.4 Å². The van der Waals surface area contributed by atoms with Crippen molar-refractivity contribution in [3.8, 4) is 5.75 Å². The number of hydrogen-bond donors (Lipinski definition) is 2. The smallest absolute Gasteiger partial charge is 0.335 e. The molecule has 0 saturated carbocycles. The van der Waals surface area contributed by atoms with E-state index in [4.69, 9.17) is 16.3 Å². The number of anilines is 2. The van der Waals surface area contributed by atoms with E-state index in [0.29, 0.717) is 30.8 Å². The maximum atomic E-state index is 13.4. The summed E-state index contributed by atoms with van der Waals surface area (Å²) in [4.78, 5) is 52.4. The molecule has 0 radical (unpaired) electrons. The number of benzene rings is 3. The van der Waals surface area contributed by atoms with Crippen LogP contribution in [0.3, 0.4) is 0 Å². The summed E-state index contributed by atoms with van der Waals surface area (Å²) in [6.07, 6.45) is 1.31. The number of carbonyl (C=O) groups is 4. The van der Waals surface area contributed by atoms with Gasteiger partial charge in [-0.15, -0.1) is 0 Å². The van der Waals surface area contributed by atoms with Crippen LogP contribution in [0, 0.1) is 20.8 Å². The van der Waals surface area contributed by atoms with E-state index in [1.165, 1.54) is 6.08 Å².